The van der Waals surface area contributed by atoms with Gasteiger partial charge in [0, 0.05) is 44.9 Å². The molecule has 0 saturated carbocycles. The average Bonchev–Trinajstić information content (AvgIpc) is 3.97. The van der Waals surface area contributed by atoms with Crippen LogP contribution in [0.4, 0.5) is 28.4 Å². The number of nitrogens with zero attached hydrogens (tertiary/aromatic N) is 3. The molecule has 1 aromatic heterocycles. The van der Waals surface area contributed by atoms with Crippen molar-refractivity contribution >= 4 is 61.0 Å². The standard InChI is InChI=1S/C71H49N3/c1-5-21-50(22-6-1)54-27-19-33-58(45-54)72(61-42-44-66-65-36-16-18-38-69(65)73(70(66)49-61)59-40-39-52-25-13-14-26-53(52)46-59)60-41-43-64-63-35-15-17-37-67(63)71(68(64)48-60,56-29-9-3-10-30-56)74(57-31-11-4-12-32-57)62-34-20-28-55(47-62)51-23-7-2-8-24-51/h1-49H. The number of fused-ring (bicyclic) bond motifs is 7. The van der Waals surface area contributed by atoms with E-state index in [0.717, 1.165) is 50.8 Å². The predicted octanol–water partition coefficient (Wildman–Crippen LogP) is 18.9. The van der Waals surface area contributed by atoms with Crippen molar-refractivity contribution in [3.63, 3.8) is 0 Å². The summed E-state index contributed by atoms with van der Waals surface area (Å²) < 4.78 is 2.44. The van der Waals surface area contributed by atoms with Gasteiger partial charge in [0.1, 0.15) is 5.54 Å². The molecule has 12 aromatic carbocycles. The van der Waals surface area contributed by atoms with Crippen LogP contribution in [-0.2, 0) is 5.54 Å². The van der Waals surface area contributed by atoms with Gasteiger partial charge in [-0.05, 0) is 140 Å². The molecule has 1 heterocycles. The van der Waals surface area contributed by atoms with Crippen LogP contribution in [-0.4, -0.2) is 4.57 Å². The lowest BCUT2D eigenvalue weighted by Crippen LogP contribution is -2.44. The summed E-state index contributed by atoms with van der Waals surface area (Å²) in [7, 11) is 0. The minimum atomic E-state index is -0.816. The van der Waals surface area contributed by atoms with E-state index in [9.17, 15) is 0 Å². The Morgan fingerprint density at radius 3 is 1.57 bits per heavy atom. The van der Waals surface area contributed by atoms with Gasteiger partial charge in [0.15, 0.2) is 0 Å². The van der Waals surface area contributed by atoms with Crippen molar-refractivity contribution in [2.24, 2.45) is 0 Å². The van der Waals surface area contributed by atoms with Crippen LogP contribution in [0.5, 0.6) is 0 Å². The molecule has 1 atom stereocenters. The molecule has 0 aliphatic heterocycles. The first-order valence-electron chi connectivity index (χ1n) is 25.5. The van der Waals surface area contributed by atoms with Gasteiger partial charge in [-0.1, -0.05) is 218 Å². The van der Waals surface area contributed by atoms with Gasteiger partial charge in [-0.15, -0.1) is 0 Å². The number of benzene rings is 12. The summed E-state index contributed by atoms with van der Waals surface area (Å²) in [5, 5.41) is 4.87. The molecule has 14 rings (SSSR count). The highest BCUT2D eigenvalue weighted by Crippen LogP contribution is 2.59. The molecular weight excluding hydrogens is 895 g/mol. The fourth-order valence-corrected chi connectivity index (χ4v) is 11.9. The molecule has 1 aliphatic rings. The molecule has 0 amide bonds. The zero-order valence-corrected chi connectivity index (χ0v) is 40.6. The first-order chi connectivity index (χ1) is 36.7. The van der Waals surface area contributed by atoms with Crippen molar-refractivity contribution in [1.29, 1.82) is 0 Å². The van der Waals surface area contributed by atoms with Gasteiger partial charge >= 0.3 is 0 Å². The lowest BCUT2D eigenvalue weighted by Gasteiger charge is -2.45. The van der Waals surface area contributed by atoms with Gasteiger partial charge in [-0.3, -0.25) is 0 Å². The predicted molar refractivity (Wildman–Crippen MR) is 311 cm³/mol. The Labute approximate surface area is 431 Å². The van der Waals surface area contributed by atoms with Crippen LogP contribution in [0.15, 0.2) is 297 Å². The Balaban J connectivity index is 1.05. The molecule has 74 heavy (non-hydrogen) atoms. The van der Waals surface area contributed by atoms with Gasteiger partial charge < -0.3 is 14.4 Å². The van der Waals surface area contributed by atoms with E-state index in [1.54, 1.807) is 0 Å². The first kappa shape index (κ1) is 43.1. The fraction of sp³-hybridized carbons (Fsp3) is 0.0141. The maximum Gasteiger partial charge on any atom is 0.122 e. The topological polar surface area (TPSA) is 11.4 Å². The van der Waals surface area contributed by atoms with Crippen LogP contribution in [0.3, 0.4) is 0 Å². The number of para-hydroxylation sites is 2. The molecule has 1 unspecified atom stereocenters. The molecule has 0 N–H and O–H groups in total. The monoisotopic (exact) mass is 943 g/mol. The lowest BCUT2D eigenvalue weighted by atomic mass is 9.78. The molecule has 0 spiro atoms. The first-order valence-corrected chi connectivity index (χ1v) is 25.5. The molecule has 348 valence electrons. The minimum Gasteiger partial charge on any atom is -0.323 e. The third kappa shape index (κ3) is 7.04. The molecule has 3 heteroatoms. The second kappa shape index (κ2) is 17.9. The quantitative estimate of drug-likeness (QED) is 0.135. The molecule has 0 saturated heterocycles. The summed E-state index contributed by atoms with van der Waals surface area (Å²) in [5.41, 5.74) is 18.7. The van der Waals surface area contributed by atoms with E-state index in [-0.39, 0.29) is 0 Å². The third-order valence-corrected chi connectivity index (χ3v) is 15.1. The highest BCUT2D eigenvalue weighted by molar-refractivity contribution is 6.11. The van der Waals surface area contributed by atoms with Crippen LogP contribution in [0.2, 0.25) is 0 Å². The average molecular weight is 944 g/mol. The highest BCUT2D eigenvalue weighted by atomic mass is 15.2. The smallest absolute Gasteiger partial charge is 0.122 e. The Kier molecular flexibility index (Phi) is 10.4. The number of anilines is 5. The van der Waals surface area contributed by atoms with E-state index in [2.05, 4.69) is 312 Å². The van der Waals surface area contributed by atoms with E-state index in [4.69, 9.17) is 0 Å². The molecule has 0 bridgehead atoms. The number of rotatable bonds is 10. The van der Waals surface area contributed by atoms with Gasteiger partial charge in [0.05, 0.1) is 11.0 Å². The Morgan fingerprint density at radius 2 is 0.811 bits per heavy atom. The second-order valence-corrected chi connectivity index (χ2v) is 19.3. The fourth-order valence-electron chi connectivity index (χ4n) is 11.9. The molecule has 0 fully saturated rings. The minimum absolute atomic E-state index is 0.816. The highest BCUT2D eigenvalue weighted by Gasteiger charge is 2.50. The lowest BCUT2D eigenvalue weighted by molar-refractivity contribution is 0.644. The molecule has 1 aliphatic carbocycles. The summed E-state index contributed by atoms with van der Waals surface area (Å²) in [6.07, 6.45) is 0. The summed E-state index contributed by atoms with van der Waals surface area (Å²) in [6, 6.07) is 109. The summed E-state index contributed by atoms with van der Waals surface area (Å²) in [5.74, 6) is 0. The zero-order valence-electron chi connectivity index (χ0n) is 40.6. The van der Waals surface area contributed by atoms with Crippen LogP contribution < -0.4 is 9.80 Å². The molecule has 13 aromatic rings. The zero-order chi connectivity index (χ0) is 49.0. The Morgan fingerprint density at radius 1 is 0.284 bits per heavy atom. The number of hydrogen-bond acceptors (Lipinski definition) is 2. The van der Waals surface area contributed by atoms with Crippen LogP contribution >= 0.6 is 0 Å². The van der Waals surface area contributed by atoms with Crippen molar-refractivity contribution in [3.05, 3.63) is 314 Å². The largest absolute Gasteiger partial charge is 0.323 e. The van der Waals surface area contributed by atoms with E-state index >= 15 is 0 Å². The van der Waals surface area contributed by atoms with E-state index in [1.807, 2.05) is 0 Å². The van der Waals surface area contributed by atoms with Gasteiger partial charge in [-0.25, -0.2) is 0 Å². The number of hydrogen-bond donors (Lipinski definition) is 0. The van der Waals surface area contributed by atoms with Gasteiger partial charge in [0.25, 0.3) is 0 Å². The molecule has 3 nitrogen and oxygen atoms in total. The Hall–Kier alpha value is -9.70. The van der Waals surface area contributed by atoms with Crippen molar-refractivity contribution in [2.45, 2.75) is 5.54 Å². The van der Waals surface area contributed by atoms with Crippen LogP contribution in [0, 0.1) is 0 Å². The van der Waals surface area contributed by atoms with Crippen LogP contribution in [0.25, 0.3) is 71.6 Å². The van der Waals surface area contributed by atoms with Gasteiger partial charge in [-0.2, -0.15) is 0 Å². The van der Waals surface area contributed by atoms with Crippen LogP contribution in [0.1, 0.15) is 16.7 Å². The van der Waals surface area contributed by atoms with Gasteiger partial charge in [0.2, 0.25) is 0 Å². The normalized spacial score (nSPS) is 13.7. The SMILES string of the molecule is c1ccc(-c2cccc(N(c3ccc4c(c3)C(c3ccccc3)(N(c3ccccc3)c3cccc(-c5ccccc5)c3)c3ccccc3-4)c3ccc4c5ccccc5n(-c5ccc6ccccc6c5)c4c3)c2)cc1. The molecule has 0 radical (unpaired) electrons. The Bertz CT molecular complexity index is 4200. The summed E-state index contributed by atoms with van der Waals surface area (Å²) in [6.45, 7) is 0. The van der Waals surface area contributed by atoms with Crippen molar-refractivity contribution in [2.75, 3.05) is 9.80 Å². The second-order valence-electron chi connectivity index (χ2n) is 19.3. The van der Waals surface area contributed by atoms with E-state index in [1.165, 1.54) is 66.0 Å². The number of aromatic nitrogens is 1. The van der Waals surface area contributed by atoms with Crippen molar-refractivity contribution in [3.8, 4) is 39.1 Å². The maximum atomic E-state index is 2.59. The van der Waals surface area contributed by atoms with E-state index in [0.29, 0.717) is 0 Å². The van der Waals surface area contributed by atoms with Crippen molar-refractivity contribution < 1.29 is 0 Å². The summed E-state index contributed by atoms with van der Waals surface area (Å²) in [4.78, 5) is 5.06. The van der Waals surface area contributed by atoms with Crippen molar-refractivity contribution in [1.82, 2.24) is 4.57 Å². The van der Waals surface area contributed by atoms with E-state index < -0.39 is 5.54 Å². The molecular formula is C71H49N3. The third-order valence-electron chi connectivity index (χ3n) is 15.1. The maximum absolute atomic E-state index is 2.59. The summed E-state index contributed by atoms with van der Waals surface area (Å²) >= 11 is 0.